The monoisotopic (exact) mass is 191 g/mol. The first kappa shape index (κ1) is 9.32. The molecule has 0 aromatic rings. The average Bonchev–Trinajstić information content (AvgIpc) is 2.35. The Morgan fingerprint density at radius 1 is 1.08 bits per heavy atom. The maximum absolute atomic E-state index is 9.66. The number of nitrogens with one attached hydrogen (secondary N) is 1. The van der Waals surface area contributed by atoms with E-state index in [4.69, 9.17) is 0 Å². The van der Waals surface area contributed by atoms with Crippen molar-refractivity contribution in [2.24, 2.45) is 0 Å². The van der Waals surface area contributed by atoms with Gasteiger partial charge in [-0.15, -0.1) is 0 Å². The smallest absolute Gasteiger partial charge is 0.147 e. The Hall–Kier alpha value is -0.240. The quantitative estimate of drug-likeness (QED) is 0.237. The summed E-state index contributed by atoms with van der Waals surface area (Å²) in [5.74, 6) is 0. The molecule has 0 spiro atoms. The summed E-state index contributed by atoms with van der Waals surface area (Å²) in [6.07, 6.45) is -5.20. The predicted molar refractivity (Wildman–Crippen MR) is 40.5 cm³/mol. The van der Waals surface area contributed by atoms with E-state index in [9.17, 15) is 25.5 Å². The van der Waals surface area contributed by atoms with Gasteiger partial charge >= 0.3 is 0 Å². The van der Waals surface area contributed by atoms with E-state index in [-0.39, 0.29) is 6.42 Å². The highest BCUT2D eigenvalue weighted by Gasteiger charge is 2.58. The van der Waals surface area contributed by atoms with Crippen LogP contribution in [-0.2, 0) is 0 Å². The lowest BCUT2D eigenvalue weighted by molar-refractivity contribution is -0.187. The van der Waals surface area contributed by atoms with E-state index in [2.05, 4.69) is 5.32 Å². The second kappa shape index (κ2) is 2.63. The molecule has 0 aromatic heterocycles. The number of hydrogen-bond donors (Lipinski definition) is 6. The van der Waals surface area contributed by atoms with Gasteiger partial charge < -0.3 is 25.5 Å². The minimum Gasteiger partial charge on any atom is -0.391 e. The molecule has 13 heavy (non-hydrogen) atoms. The normalized spacial score (nSPS) is 61.2. The third kappa shape index (κ3) is 1.11. The van der Waals surface area contributed by atoms with Crippen LogP contribution >= 0.6 is 0 Å². The molecule has 6 N–H and O–H groups in total. The molecule has 0 saturated carbocycles. The molecule has 6 atom stereocenters. The molecule has 6 nitrogen and oxygen atoms in total. The van der Waals surface area contributed by atoms with Gasteiger partial charge in [0.25, 0.3) is 0 Å². The van der Waals surface area contributed by atoms with Crippen LogP contribution in [-0.4, -0.2) is 61.7 Å². The first-order chi connectivity index (χ1) is 5.96. The fraction of sp³-hybridized carbons (Fsp3) is 1.00. The van der Waals surface area contributed by atoms with E-state index in [1.807, 2.05) is 0 Å². The fourth-order valence-electron chi connectivity index (χ4n) is 2.09. The molecular formula is C7H13NO5. The van der Waals surface area contributed by atoms with Gasteiger partial charge in [-0.1, -0.05) is 0 Å². The van der Waals surface area contributed by atoms with Crippen molar-refractivity contribution in [2.45, 2.75) is 42.6 Å². The Bertz CT molecular complexity index is 219. The second-order valence-corrected chi connectivity index (χ2v) is 3.79. The molecule has 2 rings (SSSR count). The lowest BCUT2D eigenvalue weighted by atomic mass is 9.94. The van der Waals surface area contributed by atoms with Crippen molar-refractivity contribution in [3.05, 3.63) is 0 Å². The number of hydrogen-bond acceptors (Lipinski definition) is 6. The SMILES string of the molecule is O[C@H]1[C@H](O)[C@@H](O)[C@@]2(O)C[C@H](O)[C@@H]1N2. The van der Waals surface area contributed by atoms with Crippen molar-refractivity contribution in [3.63, 3.8) is 0 Å². The summed E-state index contributed by atoms with van der Waals surface area (Å²) in [5.41, 5.74) is -1.68. The predicted octanol–water partition coefficient (Wildman–Crippen LogP) is -3.51. The Morgan fingerprint density at radius 2 is 1.69 bits per heavy atom. The van der Waals surface area contributed by atoms with E-state index in [0.29, 0.717) is 0 Å². The van der Waals surface area contributed by atoms with Gasteiger partial charge in [0.05, 0.1) is 12.1 Å². The molecule has 0 aliphatic carbocycles. The Balaban J connectivity index is 2.30. The minimum absolute atomic E-state index is 0.0903. The summed E-state index contributed by atoms with van der Waals surface area (Å²) in [4.78, 5) is 0. The zero-order valence-corrected chi connectivity index (χ0v) is 6.83. The first-order valence-electron chi connectivity index (χ1n) is 4.18. The number of aliphatic hydroxyl groups is 5. The summed E-state index contributed by atoms with van der Waals surface area (Å²) in [6, 6.07) is -0.775. The van der Waals surface area contributed by atoms with E-state index in [1.54, 1.807) is 0 Å². The summed E-state index contributed by atoms with van der Waals surface area (Å²) >= 11 is 0. The van der Waals surface area contributed by atoms with Crippen molar-refractivity contribution in [3.8, 4) is 0 Å². The standard InChI is InChI=1S/C7H13NO5/c9-2-1-7(13)6(12)5(11)4(10)3(2)8-7/h2-6,8-13H,1H2/t2-,3-,4+,5-,6+,7-/m0/s1. The van der Waals surface area contributed by atoms with Crippen LogP contribution in [0.25, 0.3) is 0 Å². The van der Waals surface area contributed by atoms with Crippen LogP contribution in [0.15, 0.2) is 0 Å². The van der Waals surface area contributed by atoms with Crippen molar-refractivity contribution < 1.29 is 25.5 Å². The summed E-state index contributed by atoms with van der Waals surface area (Å²) in [5, 5.41) is 49.6. The minimum atomic E-state index is -1.68. The second-order valence-electron chi connectivity index (χ2n) is 3.79. The molecular weight excluding hydrogens is 178 g/mol. The molecule has 0 unspecified atom stereocenters. The molecule has 2 fully saturated rings. The van der Waals surface area contributed by atoms with Crippen LogP contribution in [0.5, 0.6) is 0 Å². The molecule has 2 bridgehead atoms. The third-order valence-corrected chi connectivity index (χ3v) is 2.88. The van der Waals surface area contributed by atoms with Gasteiger partial charge in [-0.25, -0.2) is 0 Å². The van der Waals surface area contributed by atoms with Crippen molar-refractivity contribution in [1.29, 1.82) is 0 Å². The number of rotatable bonds is 0. The average molecular weight is 191 g/mol. The van der Waals surface area contributed by atoms with E-state index in [0.717, 1.165) is 0 Å². The highest BCUT2D eigenvalue weighted by molar-refractivity contribution is 5.11. The molecule has 76 valence electrons. The van der Waals surface area contributed by atoms with Gasteiger partial charge in [-0.3, -0.25) is 5.32 Å². The molecule has 2 saturated heterocycles. The Labute approximate surface area is 74.4 Å². The molecule has 2 aliphatic rings. The maximum atomic E-state index is 9.66. The van der Waals surface area contributed by atoms with Gasteiger partial charge in [-0.05, 0) is 0 Å². The van der Waals surface area contributed by atoms with Crippen LogP contribution in [0.4, 0.5) is 0 Å². The van der Waals surface area contributed by atoms with E-state index in [1.165, 1.54) is 0 Å². The fourth-order valence-corrected chi connectivity index (χ4v) is 2.09. The molecule has 6 heteroatoms. The van der Waals surface area contributed by atoms with Crippen LogP contribution in [0.3, 0.4) is 0 Å². The molecule has 2 heterocycles. The largest absolute Gasteiger partial charge is 0.391 e. The summed E-state index contributed by atoms with van der Waals surface area (Å²) in [6.45, 7) is 0. The number of fused-ring (bicyclic) bond motifs is 2. The Morgan fingerprint density at radius 3 is 2.31 bits per heavy atom. The third-order valence-electron chi connectivity index (χ3n) is 2.88. The van der Waals surface area contributed by atoms with E-state index >= 15 is 0 Å². The molecule has 2 aliphatic heterocycles. The number of aliphatic hydroxyl groups excluding tert-OH is 4. The summed E-state index contributed by atoms with van der Waals surface area (Å²) in [7, 11) is 0. The van der Waals surface area contributed by atoms with Gasteiger partial charge in [0.2, 0.25) is 0 Å². The lowest BCUT2D eigenvalue weighted by Crippen LogP contribution is -2.67. The van der Waals surface area contributed by atoms with Crippen molar-refractivity contribution >= 4 is 0 Å². The van der Waals surface area contributed by atoms with Gasteiger partial charge in [-0.2, -0.15) is 0 Å². The zero-order valence-electron chi connectivity index (χ0n) is 6.83. The van der Waals surface area contributed by atoms with Crippen molar-refractivity contribution in [2.75, 3.05) is 0 Å². The first-order valence-corrected chi connectivity index (χ1v) is 4.18. The van der Waals surface area contributed by atoms with Crippen molar-refractivity contribution in [1.82, 2.24) is 5.32 Å². The van der Waals surface area contributed by atoms with Crippen LogP contribution in [0.1, 0.15) is 6.42 Å². The highest BCUT2D eigenvalue weighted by atomic mass is 16.4. The van der Waals surface area contributed by atoms with E-state index < -0.39 is 36.2 Å². The summed E-state index contributed by atoms with van der Waals surface area (Å²) < 4.78 is 0. The lowest BCUT2D eigenvalue weighted by Gasteiger charge is -2.40. The van der Waals surface area contributed by atoms with Gasteiger partial charge in [0.1, 0.15) is 24.0 Å². The zero-order chi connectivity index (χ0) is 9.80. The maximum Gasteiger partial charge on any atom is 0.147 e. The van der Waals surface area contributed by atoms with Crippen LogP contribution < -0.4 is 5.32 Å². The number of piperidine rings is 1. The highest BCUT2D eigenvalue weighted by Crippen LogP contribution is 2.34. The molecule has 0 amide bonds. The molecule has 0 radical (unpaired) electrons. The molecule has 0 aromatic carbocycles. The van der Waals surface area contributed by atoms with Gasteiger partial charge in [0.15, 0.2) is 0 Å². The van der Waals surface area contributed by atoms with Gasteiger partial charge in [0, 0.05) is 6.42 Å². The topological polar surface area (TPSA) is 113 Å². The van der Waals surface area contributed by atoms with Crippen LogP contribution in [0.2, 0.25) is 0 Å². The Kier molecular flexibility index (Phi) is 1.88. The van der Waals surface area contributed by atoms with Crippen LogP contribution in [0, 0.1) is 0 Å².